The van der Waals surface area contributed by atoms with Gasteiger partial charge in [-0.05, 0) is 51.9 Å². The Bertz CT molecular complexity index is 952. The van der Waals surface area contributed by atoms with E-state index in [1.165, 1.54) is 4.70 Å². The molecule has 0 aliphatic carbocycles. The fourth-order valence-corrected chi connectivity index (χ4v) is 5.01. The summed E-state index contributed by atoms with van der Waals surface area (Å²) in [6, 6.07) is 10.2. The number of benzene rings is 1. The second-order valence-corrected chi connectivity index (χ2v) is 8.82. The summed E-state index contributed by atoms with van der Waals surface area (Å²) in [6.45, 7) is 6.88. The molecule has 5 nitrogen and oxygen atoms in total. The predicted octanol–water partition coefficient (Wildman–Crippen LogP) is 4.21. The van der Waals surface area contributed by atoms with E-state index in [0.29, 0.717) is 13.1 Å². The smallest absolute Gasteiger partial charge is 0.178 e. The summed E-state index contributed by atoms with van der Waals surface area (Å²) < 4.78 is 9.20. The lowest BCUT2D eigenvalue weighted by Gasteiger charge is -2.16. The number of carbonyl (C=O) groups is 1. The van der Waals surface area contributed by atoms with Gasteiger partial charge in [-0.1, -0.05) is 12.1 Å². The highest BCUT2D eigenvalue weighted by molar-refractivity contribution is 7.18. The highest BCUT2D eigenvalue weighted by atomic mass is 32.1. The monoisotopic (exact) mass is 397 g/mol. The Morgan fingerprint density at radius 3 is 2.93 bits per heavy atom. The molecule has 0 unspecified atom stereocenters. The summed E-state index contributed by atoms with van der Waals surface area (Å²) in [7, 11) is 1.98. The van der Waals surface area contributed by atoms with Crippen molar-refractivity contribution in [1.29, 1.82) is 0 Å². The molecule has 0 N–H and O–H groups in total. The molecule has 1 fully saturated rings. The zero-order valence-corrected chi connectivity index (χ0v) is 17.6. The Balaban J connectivity index is 1.42. The maximum absolute atomic E-state index is 12.9. The van der Waals surface area contributed by atoms with Crippen molar-refractivity contribution >= 4 is 27.3 Å². The number of aryl methyl sites for hydroxylation is 1. The van der Waals surface area contributed by atoms with Crippen LogP contribution >= 0.6 is 11.3 Å². The van der Waals surface area contributed by atoms with E-state index in [1.54, 1.807) is 11.3 Å². The number of hydrogen-bond acceptors (Lipinski definition) is 5. The first-order valence-corrected chi connectivity index (χ1v) is 10.7. The number of ether oxygens (including phenoxy) is 1. The Morgan fingerprint density at radius 2 is 2.18 bits per heavy atom. The van der Waals surface area contributed by atoms with E-state index in [1.807, 2.05) is 43.1 Å². The molecule has 1 atom stereocenters. The number of hydrogen-bond donors (Lipinski definition) is 0. The first-order valence-electron chi connectivity index (χ1n) is 9.86. The molecule has 0 spiro atoms. The van der Waals surface area contributed by atoms with Gasteiger partial charge in [-0.25, -0.2) is 4.98 Å². The first kappa shape index (κ1) is 19.3. The quantitative estimate of drug-likeness (QED) is 0.561. The van der Waals surface area contributed by atoms with E-state index in [9.17, 15) is 4.79 Å². The number of fused-ring (bicyclic) bond motifs is 1. The molecule has 0 radical (unpaired) electrons. The van der Waals surface area contributed by atoms with Crippen LogP contribution < -0.4 is 0 Å². The van der Waals surface area contributed by atoms with E-state index in [0.717, 1.165) is 53.5 Å². The molecule has 1 aliphatic rings. The molecule has 2 aromatic heterocycles. The van der Waals surface area contributed by atoms with Gasteiger partial charge in [0, 0.05) is 30.1 Å². The van der Waals surface area contributed by atoms with E-state index >= 15 is 0 Å². The van der Waals surface area contributed by atoms with Crippen molar-refractivity contribution in [3.05, 3.63) is 52.3 Å². The van der Waals surface area contributed by atoms with Crippen LogP contribution in [-0.2, 0) is 17.8 Å². The molecule has 4 rings (SSSR count). The fraction of sp³-hybridized carbons (Fsp3) is 0.455. The minimum Gasteiger partial charge on any atom is -0.376 e. The first-order chi connectivity index (χ1) is 13.5. The lowest BCUT2D eigenvalue weighted by Crippen LogP contribution is -2.26. The maximum Gasteiger partial charge on any atom is 0.178 e. The number of thiazole rings is 1. The van der Waals surface area contributed by atoms with Gasteiger partial charge in [-0.15, -0.1) is 11.3 Å². The molecule has 0 bridgehead atoms. The molecule has 3 aromatic rings. The Hall–Kier alpha value is -2.02. The lowest BCUT2D eigenvalue weighted by atomic mass is 10.1. The number of carbonyl (C=O) groups excluding carboxylic acids is 1. The van der Waals surface area contributed by atoms with Crippen LogP contribution in [-0.4, -0.2) is 46.5 Å². The summed E-state index contributed by atoms with van der Waals surface area (Å²) in [5.74, 6) is 0.162. The third kappa shape index (κ3) is 4.04. The SMILES string of the molecule is Cc1cc(C(=O)CN(C)Cc2nc3ccccc3s2)c(C)n1C[C@H]1CCCO1. The average Bonchev–Trinajstić information content (AvgIpc) is 3.37. The standard InChI is InChI=1S/C22H27N3O2S/c1-15-11-18(16(2)25(15)12-17-7-6-10-27-17)20(26)13-24(3)14-22-23-19-8-4-5-9-21(19)28-22/h4-5,8-9,11,17H,6-7,10,12-14H2,1-3H3/t17-/m1/s1. The molecule has 6 heteroatoms. The normalized spacial score (nSPS) is 17.1. The van der Waals surface area contributed by atoms with E-state index in [2.05, 4.69) is 22.5 Å². The Morgan fingerprint density at radius 1 is 1.36 bits per heavy atom. The van der Waals surface area contributed by atoms with Gasteiger partial charge in [0.15, 0.2) is 5.78 Å². The summed E-state index contributed by atoms with van der Waals surface area (Å²) in [4.78, 5) is 19.7. The second kappa shape index (κ2) is 8.15. The van der Waals surface area contributed by atoms with Crippen LogP contribution in [0.4, 0.5) is 0 Å². The van der Waals surface area contributed by atoms with Gasteiger partial charge in [-0.3, -0.25) is 9.69 Å². The van der Waals surface area contributed by atoms with E-state index in [4.69, 9.17) is 4.74 Å². The summed E-state index contributed by atoms with van der Waals surface area (Å²) >= 11 is 1.69. The average molecular weight is 398 g/mol. The molecule has 28 heavy (non-hydrogen) atoms. The zero-order chi connectivity index (χ0) is 19.7. The molecule has 1 aromatic carbocycles. The second-order valence-electron chi connectivity index (χ2n) is 7.70. The van der Waals surface area contributed by atoms with Crippen LogP contribution in [0.25, 0.3) is 10.2 Å². The van der Waals surface area contributed by atoms with Crippen molar-refractivity contribution in [2.45, 2.75) is 45.9 Å². The Labute approximate surface area is 169 Å². The fourth-order valence-electron chi connectivity index (χ4n) is 3.96. The number of para-hydroxylation sites is 1. The predicted molar refractivity (Wildman–Crippen MR) is 113 cm³/mol. The van der Waals surface area contributed by atoms with Crippen LogP contribution in [0.1, 0.15) is 39.6 Å². The molecular formula is C22H27N3O2S. The highest BCUT2D eigenvalue weighted by Crippen LogP contribution is 2.23. The molecule has 1 saturated heterocycles. The summed E-state index contributed by atoms with van der Waals surface area (Å²) in [6.07, 6.45) is 2.51. The molecule has 1 aliphatic heterocycles. The number of ketones is 1. The number of nitrogens with zero attached hydrogens (tertiary/aromatic N) is 3. The molecule has 0 amide bonds. The van der Waals surface area contributed by atoms with E-state index < -0.39 is 0 Å². The summed E-state index contributed by atoms with van der Waals surface area (Å²) in [5.41, 5.74) is 4.03. The molecule has 0 saturated carbocycles. The van der Waals surface area contributed by atoms with Crippen molar-refractivity contribution in [2.75, 3.05) is 20.2 Å². The topological polar surface area (TPSA) is 47.4 Å². The molecule has 148 valence electrons. The van der Waals surface area contributed by atoms with Crippen LogP contribution in [0.15, 0.2) is 30.3 Å². The molecule has 3 heterocycles. The van der Waals surface area contributed by atoms with Gasteiger partial charge in [0.05, 0.1) is 29.4 Å². The van der Waals surface area contributed by atoms with Gasteiger partial charge in [0.2, 0.25) is 0 Å². The van der Waals surface area contributed by atoms with Crippen molar-refractivity contribution in [1.82, 2.24) is 14.5 Å². The largest absolute Gasteiger partial charge is 0.376 e. The van der Waals surface area contributed by atoms with E-state index in [-0.39, 0.29) is 11.9 Å². The van der Waals surface area contributed by atoms with Gasteiger partial charge < -0.3 is 9.30 Å². The molecular weight excluding hydrogens is 370 g/mol. The third-order valence-electron chi connectivity index (χ3n) is 5.44. The van der Waals surface area contributed by atoms with Gasteiger partial charge in [0.25, 0.3) is 0 Å². The van der Waals surface area contributed by atoms with Crippen molar-refractivity contribution in [3.8, 4) is 0 Å². The zero-order valence-electron chi connectivity index (χ0n) is 16.8. The lowest BCUT2D eigenvalue weighted by molar-refractivity contribution is 0.0932. The van der Waals surface area contributed by atoms with Crippen LogP contribution in [0, 0.1) is 13.8 Å². The maximum atomic E-state index is 12.9. The van der Waals surface area contributed by atoms with Crippen molar-refractivity contribution < 1.29 is 9.53 Å². The minimum atomic E-state index is 0.162. The third-order valence-corrected chi connectivity index (χ3v) is 6.46. The van der Waals surface area contributed by atoms with Crippen LogP contribution in [0.2, 0.25) is 0 Å². The van der Waals surface area contributed by atoms with Gasteiger partial charge in [0.1, 0.15) is 5.01 Å². The van der Waals surface area contributed by atoms with Crippen LogP contribution in [0.3, 0.4) is 0 Å². The van der Waals surface area contributed by atoms with Gasteiger partial charge >= 0.3 is 0 Å². The number of likely N-dealkylation sites (N-methyl/N-ethyl adjacent to an activating group) is 1. The van der Waals surface area contributed by atoms with Crippen LogP contribution in [0.5, 0.6) is 0 Å². The van der Waals surface area contributed by atoms with Gasteiger partial charge in [-0.2, -0.15) is 0 Å². The number of rotatable bonds is 7. The van der Waals surface area contributed by atoms with Crippen molar-refractivity contribution in [2.24, 2.45) is 0 Å². The van der Waals surface area contributed by atoms with Crippen molar-refractivity contribution in [3.63, 3.8) is 0 Å². The number of Topliss-reactive ketones (excluding diaryl/α,β-unsaturated/α-hetero) is 1. The summed E-state index contributed by atoms with van der Waals surface area (Å²) in [5, 5.41) is 1.04. The number of aromatic nitrogens is 2. The Kier molecular flexibility index (Phi) is 5.62. The minimum absolute atomic E-state index is 0.162. The highest BCUT2D eigenvalue weighted by Gasteiger charge is 2.21.